The number of hydrogen-bond acceptors (Lipinski definition) is 7. The van der Waals surface area contributed by atoms with Crippen LogP contribution in [0.4, 0.5) is 13.2 Å². The van der Waals surface area contributed by atoms with Crippen LogP contribution in [0.2, 0.25) is 0 Å². The van der Waals surface area contributed by atoms with Gasteiger partial charge in [0.05, 0.1) is 16.8 Å². The Hall–Kier alpha value is -2.76. The largest absolute Gasteiger partial charge is 0.506 e. The van der Waals surface area contributed by atoms with Crippen LogP contribution in [0, 0.1) is 0 Å². The first-order chi connectivity index (χ1) is 12.0. The molecule has 3 heterocycles. The van der Waals surface area contributed by atoms with Crippen molar-refractivity contribution in [1.82, 2.24) is 24.7 Å². The number of imidazole rings is 1. The number of sulfone groups is 1. The van der Waals surface area contributed by atoms with E-state index >= 15 is 0 Å². The molecule has 0 amide bonds. The maximum Gasteiger partial charge on any atom is 0.435 e. The second kappa shape index (κ2) is 5.90. The number of aryl methyl sites for hydroxylation is 1. The van der Waals surface area contributed by atoms with Crippen molar-refractivity contribution in [2.75, 3.05) is 5.75 Å². The molecule has 1 N–H and O–H groups in total. The molecular formula is C14H12F3N5O3S. The van der Waals surface area contributed by atoms with E-state index in [1.165, 1.54) is 18.5 Å². The first-order valence-electron chi connectivity index (χ1n) is 7.24. The molecule has 3 rings (SSSR count). The molecule has 12 heteroatoms. The van der Waals surface area contributed by atoms with Crippen LogP contribution in [0.3, 0.4) is 0 Å². The van der Waals surface area contributed by atoms with Crippen LogP contribution in [0.5, 0.6) is 5.75 Å². The molecule has 0 saturated heterocycles. The van der Waals surface area contributed by atoms with Gasteiger partial charge in [0, 0.05) is 19.2 Å². The van der Waals surface area contributed by atoms with Crippen LogP contribution in [0.25, 0.3) is 22.7 Å². The van der Waals surface area contributed by atoms with Gasteiger partial charge in [-0.15, -0.1) is 10.2 Å². The summed E-state index contributed by atoms with van der Waals surface area (Å²) in [7, 11) is -2.33. The molecule has 3 aromatic heterocycles. The SMILES string of the molecule is CCS(=O)(=O)c1cc(O)cnc1-c1nc2cc(C(F)(F)F)nnc2n1C. The number of halogens is 3. The van der Waals surface area contributed by atoms with Gasteiger partial charge >= 0.3 is 6.18 Å². The van der Waals surface area contributed by atoms with Crippen molar-refractivity contribution >= 4 is 21.0 Å². The van der Waals surface area contributed by atoms with E-state index in [2.05, 4.69) is 20.2 Å². The number of fused-ring (bicyclic) bond motifs is 1. The Bertz CT molecular complexity index is 1110. The van der Waals surface area contributed by atoms with Crippen LogP contribution < -0.4 is 0 Å². The van der Waals surface area contributed by atoms with Gasteiger partial charge < -0.3 is 9.67 Å². The normalized spacial score (nSPS) is 12.7. The Kier molecular flexibility index (Phi) is 4.09. The third-order valence-electron chi connectivity index (χ3n) is 3.67. The maximum absolute atomic E-state index is 12.8. The van der Waals surface area contributed by atoms with Gasteiger partial charge in [-0.3, -0.25) is 0 Å². The zero-order chi connectivity index (χ0) is 19.3. The second-order valence-corrected chi connectivity index (χ2v) is 7.62. The molecule has 0 atom stereocenters. The lowest BCUT2D eigenvalue weighted by atomic mass is 10.3. The summed E-state index contributed by atoms with van der Waals surface area (Å²) in [5.41, 5.74) is -1.39. The number of rotatable bonds is 3. The highest BCUT2D eigenvalue weighted by molar-refractivity contribution is 7.91. The molecule has 0 bridgehead atoms. The Morgan fingerprint density at radius 2 is 1.92 bits per heavy atom. The van der Waals surface area contributed by atoms with Crippen LogP contribution in [0.15, 0.2) is 23.2 Å². The van der Waals surface area contributed by atoms with E-state index in [4.69, 9.17) is 0 Å². The predicted molar refractivity (Wildman–Crippen MR) is 83.9 cm³/mol. The minimum atomic E-state index is -4.69. The van der Waals surface area contributed by atoms with Crippen LogP contribution in [-0.4, -0.2) is 44.0 Å². The van der Waals surface area contributed by atoms with E-state index in [9.17, 15) is 26.7 Å². The van der Waals surface area contributed by atoms with Gasteiger partial charge in [0.25, 0.3) is 0 Å². The number of aromatic hydroxyl groups is 1. The van der Waals surface area contributed by atoms with Crippen LogP contribution in [0.1, 0.15) is 12.6 Å². The number of nitrogens with zero attached hydrogens (tertiary/aromatic N) is 5. The van der Waals surface area contributed by atoms with E-state index < -0.39 is 21.7 Å². The highest BCUT2D eigenvalue weighted by Crippen LogP contribution is 2.32. The van der Waals surface area contributed by atoms with Gasteiger partial charge in [0.2, 0.25) is 0 Å². The van der Waals surface area contributed by atoms with Crippen molar-refractivity contribution in [3.05, 3.63) is 24.0 Å². The third-order valence-corrected chi connectivity index (χ3v) is 5.41. The fourth-order valence-electron chi connectivity index (χ4n) is 2.33. The van der Waals surface area contributed by atoms with Crippen LogP contribution >= 0.6 is 0 Å². The van der Waals surface area contributed by atoms with Gasteiger partial charge in [-0.1, -0.05) is 6.92 Å². The molecule has 0 spiro atoms. The van der Waals surface area contributed by atoms with Crippen molar-refractivity contribution < 1.29 is 26.7 Å². The molecule has 0 fully saturated rings. The van der Waals surface area contributed by atoms with E-state index in [-0.39, 0.29) is 39.1 Å². The summed E-state index contributed by atoms with van der Waals surface area (Å²) < 4.78 is 64.3. The molecule has 0 aromatic carbocycles. The average molecular weight is 387 g/mol. The zero-order valence-electron chi connectivity index (χ0n) is 13.5. The van der Waals surface area contributed by atoms with Crippen molar-refractivity contribution in [2.45, 2.75) is 18.0 Å². The lowest BCUT2D eigenvalue weighted by Gasteiger charge is -2.08. The Balaban J connectivity index is 2.29. The smallest absolute Gasteiger partial charge is 0.435 e. The Morgan fingerprint density at radius 3 is 2.54 bits per heavy atom. The molecule has 0 aliphatic carbocycles. The fourth-order valence-corrected chi connectivity index (χ4v) is 3.38. The molecule has 26 heavy (non-hydrogen) atoms. The maximum atomic E-state index is 12.8. The minimum absolute atomic E-state index is 0.0133. The van der Waals surface area contributed by atoms with Crippen molar-refractivity contribution in [3.8, 4) is 17.3 Å². The lowest BCUT2D eigenvalue weighted by Crippen LogP contribution is -2.09. The van der Waals surface area contributed by atoms with Gasteiger partial charge in [-0.2, -0.15) is 13.2 Å². The topological polar surface area (TPSA) is 111 Å². The molecule has 8 nitrogen and oxygen atoms in total. The van der Waals surface area contributed by atoms with E-state index in [0.717, 1.165) is 18.3 Å². The molecule has 0 saturated carbocycles. The van der Waals surface area contributed by atoms with E-state index in [1.54, 1.807) is 0 Å². The molecule has 3 aromatic rings. The Morgan fingerprint density at radius 1 is 1.23 bits per heavy atom. The summed E-state index contributed by atoms with van der Waals surface area (Å²) in [5.74, 6) is -0.632. The number of alkyl halides is 3. The predicted octanol–water partition coefficient (Wildman–Crippen LogP) is 1.94. The van der Waals surface area contributed by atoms with Crippen molar-refractivity contribution in [2.24, 2.45) is 7.05 Å². The summed E-state index contributed by atoms with van der Waals surface area (Å²) in [6.45, 7) is 1.42. The summed E-state index contributed by atoms with van der Waals surface area (Å²) in [6, 6.07) is 1.74. The number of hydrogen-bond donors (Lipinski definition) is 1. The van der Waals surface area contributed by atoms with Gasteiger partial charge in [-0.05, 0) is 0 Å². The van der Waals surface area contributed by atoms with E-state index in [1.807, 2.05) is 0 Å². The number of aromatic nitrogens is 5. The van der Waals surface area contributed by atoms with E-state index in [0.29, 0.717) is 0 Å². The highest BCUT2D eigenvalue weighted by Gasteiger charge is 2.34. The Labute approximate surface area is 145 Å². The molecule has 0 aliphatic heterocycles. The van der Waals surface area contributed by atoms with Crippen molar-refractivity contribution in [1.29, 1.82) is 0 Å². The summed E-state index contributed by atoms with van der Waals surface area (Å²) in [4.78, 5) is 7.68. The number of pyridine rings is 1. The molecular weight excluding hydrogens is 375 g/mol. The monoisotopic (exact) mass is 387 g/mol. The quantitative estimate of drug-likeness (QED) is 0.731. The molecule has 0 aliphatic rings. The second-order valence-electron chi connectivity index (χ2n) is 5.37. The van der Waals surface area contributed by atoms with Gasteiger partial charge in [-0.25, -0.2) is 18.4 Å². The standard InChI is InChI=1S/C14H12F3N5O3S/c1-3-26(24,25)9-4-7(23)6-18-11(9)13-19-8-5-10(14(15,16)17)20-21-12(8)22(13)2/h4-6,23H,3H2,1-2H3. The van der Waals surface area contributed by atoms with Crippen molar-refractivity contribution in [3.63, 3.8) is 0 Å². The van der Waals surface area contributed by atoms with Crippen LogP contribution in [-0.2, 0) is 23.1 Å². The lowest BCUT2D eigenvalue weighted by molar-refractivity contribution is -0.141. The molecule has 0 unspecified atom stereocenters. The summed E-state index contributed by atoms with van der Waals surface area (Å²) in [6.07, 6.45) is -3.66. The minimum Gasteiger partial charge on any atom is -0.506 e. The van der Waals surface area contributed by atoms with Gasteiger partial charge in [0.1, 0.15) is 17.0 Å². The summed E-state index contributed by atoms with van der Waals surface area (Å²) >= 11 is 0. The third kappa shape index (κ3) is 2.96. The summed E-state index contributed by atoms with van der Waals surface area (Å²) in [5, 5.41) is 16.2. The molecule has 138 valence electrons. The first-order valence-corrected chi connectivity index (χ1v) is 8.89. The fraction of sp³-hybridized carbons (Fsp3) is 0.286. The van der Waals surface area contributed by atoms with Gasteiger partial charge in [0.15, 0.2) is 27.0 Å². The first kappa shape index (κ1) is 18.0. The zero-order valence-corrected chi connectivity index (χ0v) is 14.3. The molecule has 0 radical (unpaired) electrons. The average Bonchev–Trinajstić information content (AvgIpc) is 2.90. The highest BCUT2D eigenvalue weighted by atomic mass is 32.2.